The smallest absolute Gasteiger partial charge is 0.228 e. The van der Waals surface area contributed by atoms with Crippen LogP contribution in [0.3, 0.4) is 0 Å². The maximum atomic E-state index is 13.9. The van der Waals surface area contributed by atoms with E-state index in [1.54, 1.807) is 19.2 Å². The van der Waals surface area contributed by atoms with Crippen molar-refractivity contribution >= 4 is 29.2 Å². The van der Waals surface area contributed by atoms with Crippen molar-refractivity contribution in [3.05, 3.63) is 59.0 Å². The maximum absolute atomic E-state index is 13.9. The summed E-state index contributed by atoms with van der Waals surface area (Å²) in [4.78, 5) is 21.3. The average molecular weight is 481 g/mol. The number of aryl methyl sites for hydroxylation is 1. The fraction of sp³-hybridized carbons (Fsp3) is 0.423. The van der Waals surface area contributed by atoms with Gasteiger partial charge in [-0.2, -0.15) is 4.98 Å². The van der Waals surface area contributed by atoms with Crippen LogP contribution in [0.15, 0.2) is 42.6 Å². The van der Waals surface area contributed by atoms with Crippen molar-refractivity contribution in [2.75, 3.05) is 47.4 Å². The van der Waals surface area contributed by atoms with Gasteiger partial charge < -0.3 is 14.7 Å². The topological polar surface area (TPSA) is 48.4 Å². The summed E-state index contributed by atoms with van der Waals surface area (Å²) in [6.07, 6.45) is 5.04. The first-order chi connectivity index (χ1) is 16.5. The van der Waals surface area contributed by atoms with Gasteiger partial charge >= 0.3 is 0 Å². The fourth-order valence-electron chi connectivity index (χ4n) is 4.86. The summed E-state index contributed by atoms with van der Waals surface area (Å²) in [5.74, 6) is 2.30. The first-order valence-electron chi connectivity index (χ1n) is 12.0. The average Bonchev–Trinajstić information content (AvgIpc) is 3.12. The Morgan fingerprint density at radius 2 is 1.79 bits per heavy atom. The van der Waals surface area contributed by atoms with E-state index in [-0.39, 0.29) is 5.82 Å². The first-order valence-corrected chi connectivity index (χ1v) is 12.4. The van der Waals surface area contributed by atoms with Gasteiger partial charge in [-0.1, -0.05) is 11.6 Å². The van der Waals surface area contributed by atoms with Crippen LogP contribution in [-0.4, -0.2) is 53.7 Å². The molecule has 6 nitrogen and oxygen atoms in total. The summed E-state index contributed by atoms with van der Waals surface area (Å²) in [7, 11) is 0. The number of hydrogen-bond acceptors (Lipinski definition) is 6. The lowest BCUT2D eigenvalue weighted by Crippen LogP contribution is -2.33. The Hall–Kier alpha value is -2.93. The highest BCUT2D eigenvalue weighted by molar-refractivity contribution is 6.32. The molecule has 0 bridgehead atoms. The zero-order valence-corrected chi connectivity index (χ0v) is 20.5. The van der Waals surface area contributed by atoms with Gasteiger partial charge in [-0.05, 0) is 69.0 Å². The standard InChI is InChI=1S/C26H30ClFN6/c1-18-16-20(8-9-22(18)28)23-17-24(31-26(30-23)34-13-4-6-19(34)2)32-11-5-12-33(15-14-32)25-21(27)7-3-10-29-25/h3,7-10,16-17,19H,4-6,11-15H2,1-2H3. The Kier molecular flexibility index (Phi) is 6.55. The third-order valence-corrected chi connectivity index (χ3v) is 7.12. The largest absolute Gasteiger partial charge is 0.355 e. The highest BCUT2D eigenvalue weighted by atomic mass is 35.5. The summed E-state index contributed by atoms with van der Waals surface area (Å²) in [5, 5.41) is 0.678. The molecule has 34 heavy (non-hydrogen) atoms. The monoisotopic (exact) mass is 480 g/mol. The van der Waals surface area contributed by atoms with E-state index >= 15 is 0 Å². The van der Waals surface area contributed by atoms with Crippen molar-refractivity contribution in [2.24, 2.45) is 0 Å². The first kappa shape index (κ1) is 22.8. The van der Waals surface area contributed by atoms with Crippen molar-refractivity contribution in [3.8, 4) is 11.3 Å². The summed E-state index contributed by atoms with van der Waals surface area (Å²) in [6, 6.07) is 11.4. The molecular weight excluding hydrogens is 451 g/mol. The van der Waals surface area contributed by atoms with E-state index in [1.165, 1.54) is 6.07 Å². The molecule has 2 aromatic heterocycles. The fourth-order valence-corrected chi connectivity index (χ4v) is 5.10. The van der Waals surface area contributed by atoms with Gasteiger partial charge in [-0.3, -0.25) is 0 Å². The van der Waals surface area contributed by atoms with Crippen molar-refractivity contribution in [1.82, 2.24) is 15.0 Å². The van der Waals surface area contributed by atoms with Crippen molar-refractivity contribution in [1.29, 1.82) is 0 Å². The Morgan fingerprint density at radius 1 is 0.971 bits per heavy atom. The predicted octanol–water partition coefficient (Wildman–Crippen LogP) is 5.34. The van der Waals surface area contributed by atoms with E-state index in [0.717, 1.165) is 80.8 Å². The van der Waals surface area contributed by atoms with Crippen LogP contribution in [0.5, 0.6) is 0 Å². The number of anilines is 3. The number of halogens is 2. The molecule has 1 aromatic carbocycles. The molecule has 3 aromatic rings. The number of nitrogens with zero attached hydrogens (tertiary/aromatic N) is 6. The van der Waals surface area contributed by atoms with Gasteiger partial charge in [0.05, 0.1) is 10.7 Å². The third-order valence-electron chi connectivity index (χ3n) is 6.82. The molecule has 0 aliphatic carbocycles. The number of hydrogen-bond donors (Lipinski definition) is 0. The molecule has 1 unspecified atom stereocenters. The van der Waals surface area contributed by atoms with Crippen LogP contribution in [0.25, 0.3) is 11.3 Å². The molecule has 5 rings (SSSR count). The number of aromatic nitrogens is 3. The minimum Gasteiger partial charge on any atom is -0.355 e. The van der Waals surface area contributed by atoms with Crippen LogP contribution in [0.1, 0.15) is 31.7 Å². The molecule has 2 fully saturated rings. The Labute approximate surface area is 205 Å². The zero-order chi connectivity index (χ0) is 23.7. The highest BCUT2D eigenvalue weighted by Crippen LogP contribution is 2.30. The van der Waals surface area contributed by atoms with Crippen LogP contribution >= 0.6 is 11.6 Å². The van der Waals surface area contributed by atoms with Gasteiger partial charge in [-0.25, -0.2) is 14.4 Å². The lowest BCUT2D eigenvalue weighted by atomic mass is 10.1. The molecular formula is C26H30ClFN6. The molecule has 2 aliphatic heterocycles. The minimum atomic E-state index is -0.202. The minimum absolute atomic E-state index is 0.202. The van der Waals surface area contributed by atoms with E-state index in [2.05, 4.69) is 26.6 Å². The van der Waals surface area contributed by atoms with Gasteiger partial charge in [0.2, 0.25) is 5.95 Å². The van der Waals surface area contributed by atoms with E-state index in [1.807, 2.05) is 24.3 Å². The van der Waals surface area contributed by atoms with E-state index in [4.69, 9.17) is 21.6 Å². The number of pyridine rings is 1. The molecule has 178 valence electrons. The SMILES string of the molecule is Cc1cc(-c2cc(N3CCCN(c4ncccc4Cl)CC3)nc(N3CCCC3C)n2)ccc1F. The molecule has 0 spiro atoms. The zero-order valence-electron chi connectivity index (χ0n) is 19.7. The van der Waals surface area contributed by atoms with Crippen LogP contribution in [0.2, 0.25) is 5.02 Å². The molecule has 0 amide bonds. The van der Waals surface area contributed by atoms with Crippen molar-refractivity contribution in [2.45, 2.75) is 39.2 Å². The quantitative estimate of drug-likeness (QED) is 0.502. The second-order valence-electron chi connectivity index (χ2n) is 9.20. The lowest BCUT2D eigenvalue weighted by molar-refractivity contribution is 0.618. The summed E-state index contributed by atoms with van der Waals surface area (Å²) in [6.45, 7) is 8.36. The second kappa shape index (κ2) is 9.74. The maximum Gasteiger partial charge on any atom is 0.228 e. The molecule has 1 atom stereocenters. The van der Waals surface area contributed by atoms with Gasteiger partial charge in [0.1, 0.15) is 17.5 Å². The van der Waals surface area contributed by atoms with Crippen molar-refractivity contribution in [3.63, 3.8) is 0 Å². The number of rotatable bonds is 4. The molecule has 0 saturated carbocycles. The molecule has 8 heteroatoms. The van der Waals surface area contributed by atoms with Gasteiger partial charge in [0.25, 0.3) is 0 Å². The molecule has 0 radical (unpaired) electrons. The second-order valence-corrected chi connectivity index (χ2v) is 9.60. The van der Waals surface area contributed by atoms with Crippen LogP contribution < -0.4 is 14.7 Å². The van der Waals surface area contributed by atoms with Crippen LogP contribution in [0.4, 0.5) is 22.0 Å². The van der Waals surface area contributed by atoms with Crippen LogP contribution in [-0.2, 0) is 0 Å². The lowest BCUT2D eigenvalue weighted by Gasteiger charge is -2.27. The normalized spacial score (nSPS) is 18.9. The summed E-state index contributed by atoms with van der Waals surface area (Å²) < 4.78 is 13.9. The summed E-state index contributed by atoms with van der Waals surface area (Å²) >= 11 is 6.41. The van der Waals surface area contributed by atoms with Gasteiger partial charge in [-0.15, -0.1) is 0 Å². The Bertz CT molecular complexity index is 1170. The Balaban J connectivity index is 1.47. The molecule has 2 aliphatic rings. The van der Waals surface area contributed by atoms with E-state index in [9.17, 15) is 4.39 Å². The molecule has 0 N–H and O–H groups in total. The van der Waals surface area contributed by atoms with E-state index < -0.39 is 0 Å². The van der Waals surface area contributed by atoms with Gasteiger partial charge in [0.15, 0.2) is 0 Å². The highest BCUT2D eigenvalue weighted by Gasteiger charge is 2.26. The molecule has 4 heterocycles. The molecule has 2 saturated heterocycles. The predicted molar refractivity (Wildman–Crippen MR) is 136 cm³/mol. The van der Waals surface area contributed by atoms with Crippen LogP contribution in [0, 0.1) is 12.7 Å². The number of benzene rings is 1. The summed E-state index contributed by atoms with van der Waals surface area (Å²) in [5.41, 5.74) is 2.36. The van der Waals surface area contributed by atoms with E-state index in [0.29, 0.717) is 16.6 Å². The Morgan fingerprint density at radius 3 is 2.56 bits per heavy atom. The van der Waals surface area contributed by atoms with Crippen molar-refractivity contribution < 1.29 is 4.39 Å². The third kappa shape index (κ3) is 4.67. The van der Waals surface area contributed by atoms with Gasteiger partial charge in [0, 0.05) is 56.6 Å².